The molecule has 132 valence electrons. The first-order valence-corrected chi connectivity index (χ1v) is 9.12. The summed E-state index contributed by atoms with van der Waals surface area (Å²) in [4.78, 5) is 0.103. The lowest BCUT2D eigenvalue weighted by atomic mass is 10.2. The van der Waals surface area contributed by atoms with Gasteiger partial charge in [0, 0.05) is 31.0 Å². The molecule has 0 amide bonds. The Bertz CT molecular complexity index is 825. The molecule has 1 heterocycles. The number of nitrogens with zero attached hydrogens (tertiary/aromatic N) is 1. The highest BCUT2D eigenvalue weighted by atomic mass is 32.2. The Hall–Kier alpha value is -1.99. The summed E-state index contributed by atoms with van der Waals surface area (Å²) in [5, 5.41) is 0. The number of aryl methyl sites for hydroxylation is 1. The van der Waals surface area contributed by atoms with Gasteiger partial charge in [-0.3, -0.25) is 0 Å². The first-order valence-electron chi connectivity index (χ1n) is 7.63. The van der Waals surface area contributed by atoms with Crippen molar-refractivity contribution in [2.75, 3.05) is 20.8 Å². The summed E-state index contributed by atoms with van der Waals surface area (Å²) in [5.41, 5.74) is 3.44. The van der Waals surface area contributed by atoms with Crippen LogP contribution in [0.25, 0.3) is 0 Å². The molecule has 0 radical (unpaired) electrons. The van der Waals surface area contributed by atoms with E-state index in [1.165, 1.54) is 20.3 Å². The molecule has 1 aromatic carbocycles. The number of nitrogens with one attached hydrogen (secondary N) is 1. The first kappa shape index (κ1) is 18.4. The maximum atomic E-state index is 12.5. The summed E-state index contributed by atoms with van der Waals surface area (Å²) in [7, 11) is 1.30. The lowest BCUT2D eigenvalue weighted by Crippen LogP contribution is -2.26. The lowest BCUT2D eigenvalue weighted by molar-refractivity contribution is 0.386. The van der Waals surface area contributed by atoms with E-state index in [0.29, 0.717) is 18.7 Å². The van der Waals surface area contributed by atoms with Crippen molar-refractivity contribution in [2.45, 2.75) is 25.2 Å². The van der Waals surface area contributed by atoms with E-state index in [1.54, 1.807) is 12.1 Å². The normalized spacial score (nSPS) is 11.5. The quantitative estimate of drug-likeness (QED) is 0.829. The van der Waals surface area contributed by atoms with Gasteiger partial charge in [0.2, 0.25) is 10.0 Å². The summed E-state index contributed by atoms with van der Waals surface area (Å²) >= 11 is 0. The van der Waals surface area contributed by atoms with Crippen LogP contribution >= 0.6 is 0 Å². The molecular formula is C17H24N2O4S. The second-order valence-electron chi connectivity index (χ2n) is 5.62. The molecule has 7 heteroatoms. The monoisotopic (exact) mass is 352 g/mol. The van der Waals surface area contributed by atoms with Crippen molar-refractivity contribution >= 4 is 10.0 Å². The van der Waals surface area contributed by atoms with Gasteiger partial charge in [-0.1, -0.05) is 0 Å². The van der Waals surface area contributed by atoms with Crippen LogP contribution < -0.4 is 14.2 Å². The molecule has 0 aliphatic heterocycles. The number of rotatable bonds is 7. The molecule has 0 bridgehead atoms. The Balaban J connectivity index is 2.12. The summed E-state index contributed by atoms with van der Waals surface area (Å²) in [5.74, 6) is 0.801. The first-order chi connectivity index (χ1) is 11.3. The number of sulfonamides is 1. The second-order valence-corrected chi connectivity index (χ2v) is 7.36. The molecule has 0 spiro atoms. The van der Waals surface area contributed by atoms with Crippen LogP contribution in [0.2, 0.25) is 0 Å². The van der Waals surface area contributed by atoms with Gasteiger partial charge in [0.05, 0.1) is 14.2 Å². The number of ether oxygens (including phenoxy) is 2. The van der Waals surface area contributed by atoms with Gasteiger partial charge in [-0.25, -0.2) is 13.1 Å². The van der Waals surface area contributed by atoms with Crippen molar-refractivity contribution in [3.05, 3.63) is 41.2 Å². The van der Waals surface area contributed by atoms with Crippen LogP contribution in [0.4, 0.5) is 0 Å². The van der Waals surface area contributed by atoms with E-state index in [-0.39, 0.29) is 10.6 Å². The van der Waals surface area contributed by atoms with E-state index in [9.17, 15) is 8.42 Å². The van der Waals surface area contributed by atoms with E-state index in [4.69, 9.17) is 9.47 Å². The molecule has 2 rings (SSSR count). The van der Waals surface area contributed by atoms with Crippen LogP contribution in [0.15, 0.2) is 29.2 Å². The molecule has 1 aromatic heterocycles. The Morgan fingerprint density at radius 1 is 1.12 bits per heavy atom. The Labute approximate surface area is 143 Å². The van der Waals surface area contributed by atoms with Crippen molar-refractivity contribution in [1.29, 1.82) is 0 Å². The van der Waals surface area contributed by atoms with E-state index in [0.717, 1.165) is 17.0 Å². The third-order valence-electron chi connectivity index (χ3n) is 4.23. The number of hydrogen-bond donors (Lipinski definition) is 1. The van der Waals surface area contributed by atoms with E-state index in [2.05, 4.69) is 15.4 Å². The molecule has 6 nitrogen and oxygen atoms in total. The average molecular weight is 352 g/mol. The van der Waals surface area contributed by atoms with E-state index < -0.39 is 10.0 Å². The Kier molecular flexibility index (Phi) is 5.56. The smallest absolute Gasteiger partial charge is 0.244 e. The van der Waals surface area contributed by atoms with Crippen LogP contribution in [-0.4, -0.2) is 33.7 Å². The minimum atomic E-state index is -3.65. The Morgan fingerprint density at radius 2 is 1.83 bits per heavy atom. The Morgan fingerprint density at radius 3 is 2.38 bits per heavy atom. The molecule has 0 saturated heterocycles. The van der Waals surface area contributed by atoms with Crippen molar-refractivity contribution in [3.8, 4) is 11.5 Å². The maximum absolute atomic E-state index is 12.5. The fourth-order valence-electron chi connectivity index (χ4n) is 2.58. The average Bonchev–Trinajstić information content (AvgIpc) is 2.81. The zero-order valence-electron chi connectivity index (χ0n) is 14.7. The van der Waals surface area contributed by atoms with Crippen molar-refractivity contribution in [2.24, 2.45) is 7.05 Å². The van der Waals surface area contributed by atoms with Gasteiger partial charge in [0.1, 0.15) is 16.4 Å². The molecule has 1 N–H and O–H groups in total. The third kappa shape index (κ3) is 3.73. The number of hydrogen-bond acceptors (Lipinski definition) is 4. The SMILES string of the molecule is COc1ccc(S(=O)(=O)NCCc2cc(C)n(C)c2C)c(OC)c1. The summed E-state index contributed by atoms with van der Waals surface area (Å²) in [6.45, 7) is 4.38. The van der Waals surface area contributed by atoms with Gasteiger partial charge in [-0.15, -0.1) is 0 Å². The minimum Gasteiger partial charge on any atom is -0.497 e. The van der Waals surface area contributed by atoms with Gasteiger partial charge in [0.15, 0.2) is 0 Å². The highest BCUT2D eigenvalue weighted by Crippen LogP contribution is 2.28. The molecule has 0 saturated carbocycles. The zero-order chi connectivity index (χ0) is 17.9. The molecular weight excluding hydrogens is 328 g/mol. The van der Waals surface area contributed by atoms with Crippen LogP contribution in [0, 0.1) is 13.8 Å². The van der Waals surface area contributed by atoms with Gasteiger partial charge in [-0.2, -0.15) is 0 Å². The zero-order valence-corrected chi connectivity index (χ0v) is 15.5. The van der Waals surface area contributed by atoms with E-state index >= 15 is 0 Å². The van der Waals surface area contributed by atoms with Crippen LogP contribution in [-0.2, 0) is 23.5 Å². The van der Waals surface area contributed by atoms with Crippen molar-refractivity contribution < 1.29 is 17.9 Å². The molecule has 2 aromatic rings. The lowest BCUT2D eigenvalue weighted by Gasteiger charge is -2.12. The number of benzene rings is 1. The third-order valence-corrected chi connectivity index (χ3v) is 5.73. The van der Waals surface area contributed by atoms with Gasteiger partial charge < -0.3 is 14.0 Å². The molecule has 0 aliphatic rings. The standard InChI is InChI=1S/C17H24N2O4S/c1-12-10-14(13(2)19(12)3)8-9-18-24(20,21)17-7-6-15(22-4)11-16(17)23-5/h6-7,10-11,18H,8-9H2,1-5H3. The molecule has 0 aliphatic carbocycles. The van der Waals surface area contributed by atoms with Gasteiger partial charge >= 0.3 is 0 Å². The van der Waals surface area contributed by atoms with Crippen molar-refractivity contribution in [3.63, 3.8) is 0 Å². The fraction of sp³-hybridized carbons (Fsp3) is 0.412. The minimum absolute atomic E-state index is 0.103. The van der Waals surface area contributed by atoms with Crippen LogP contribution in [0.1, 0.15) is 17.0 Å². The predicted octanol–water partition coefficient (Wildman–Crippen LogP) is 2.18. The summed E-state index contributed by atoms with van der Waals surface area (Å²) in [6.07, 6.45) is 0.630. The largest absolute Gasteiger partial charge is 0.497 e. The predicted molar refractivity (Wildman–Crippen MR) is 93.3 cm³/mol. The van der Waals surface area contributed by atoms with Crippen molar-refractivity contribution in [1.82, 2.24) is 9.29 Å². The number of aromatic nitrogens is 1. The molecule has 0 unspecified atom stereocenters. The van der Waals surface area contributed by atoms with Crippen LogP contribution in [0.5, 0.6) is 11.5 Å². The molecule has 24 heavy (non-hydrogen) atoms. The fourth-order valence-corrected chi connectivity index (χ4v) is 3.76. The molecule has 0 fully saturated rings. The van der Waals surface area contributed by atoms with Gasteiger partial charge in [-0.05, 0) is 44.0 Å². The summed E-state index contributed by atoms with van der Waals surface area (Å²) < 4.78 is 40.0. The summed E-state index contributed by atoms with van der Waals surface area (Å²) in [6, 6.07) is 6.72. The molecule has 0 atom stereocenters. The van der Waals surface area contributed by atoms with E-state index in [1.807, 2.05) is 20.9 Å². The van der Waals surface area contributed by atoms with Gasteiger partial charge in [0.25, 0.3) is 0 Å². The second kappa shape index (κ2) is 7.27. The number of methoxy groups -OCH3 is 2. The highest BCUT2D eigenvalue weighted by Gasteiger charge is 2.20. The topological polar surface area (TPSA) is 69.6 Å². The maximum Gasteiger partial charge on any atom is 0.244 e. The van der Waals surface area contributed by atoms with Crippen LogP contribution in [0.3, 0.4) is 0 Å². The highest BCUT2D eigenvalue weighted by molar-refractivity contribution is 7.89.